The van der Waals surface area contributed by atoms with Gasteiger partial charge in [0.25, 0.3) is 7.82 Å². The van der Waals surface area contributed by atoms with Crippen LogP contribution in [0, 0.1) is 0 Å². The number of nitrogens with zero attached hydrogens (tertiary/aromatic N) is 1. The van der Waals surface area contributed by atoms with E-state index in [1.807, 2.05) is 21.1 Å². The maximum atomic E-state index is 13.0. The van der Waals surface area contributed by atoms with Crippen molar-refractivity contribution >= 4 is 13.7 Å². The second-order valence-electron chi connectivity index (χ2n) is 23.1. The summed E-state index contributed by atoms with van der Waals surface area (Å²) in [6.07, 6.45) is 87.3. The maximum Gasteiger partial charge on any atom is 0.268 e. The Balaban J connectivity index is 4.23. The fourth-order valence-electron chi connectivity index (χ4n) is 9.22. The normalized spacial score (nSPS) is 14.5. The van der Waals surface area contributed by atoms with Crippen molar-refractivity contribution < 1.29 is 32.9 Å². The van der Waals surface area contributed by atoms with Crippen LogP contribution in [-0.2, 0) is 18.4 Å². The summed E-state index contributed by atoms with van der Waals surface area (Å²) in [5.74, 6) is -0.223. The first-order valence-electron chi connectivity index (χ1n) is 32.7. The molecule has 79 heavy (non-hydrogen) atoms. The molecule has 0 bridgehead atoms. The molecule has 0 aromatic rings. The number of carbonyl (C=O) groups is 1. The topological polar surface area (TPSA) is 108 Å². The van der Waals surface area contributed by atoms with Gasteiger partial charge >= 0.3 is 0 Å². The summed E-state index contributed by atoms with van der Waals surface area (Å²) in [5, 5.41) is 14.0. The summed E-state index contributed by atoms with van der Waals surface area (Å²) in [6, 6.07) is -0.842. The van der Waals surface area contributed by atoms with Crippen LogP contribution in [0.25, 0.3) is 0 Å². The number of likely N-dealkylation sites (N-methyl/N-ethyl adjacent to an activating group) is 1. The van der Waals surface area contributed by atoms with Gasteiger partial charge in [-0.3, -0.25) is 9.36 Å². The first-order chi connectivity index (χ1) is 38.5. The van der Waals surface area contributed by atoms with Gasteiger partial charge in [-0.2, -0.15) is 0 Å². The molecule has 0 heterocycles. The van der Waals surface area contributed by atoms with Crippen molar-refractivity contribution in [3.8, 4) is 0 Å². The van der Waals surface area contributed by atoms with E-state index >= 15 is 0 Å². The Morgan fingerprint density at radius 3 is 1.08 bits per heavy atom. The number of amides is 1. The van der Waals surface area contributed by atoms with Gasteiger partial charge < -0.3 is 28.8 Å². The molecule has 2 N–H and O–H groups in total. The van der Waals surface area contributed by atoms with Gasteiger partial charge in [0, 0.05) is 6.42 Å². The van der Waals surface area contributed by atoms with Crippen LogP contribution >= 0.6 is 7.82 Å². The molecule has 1 amide bonds. The molecule has 0 aliphatic carbocycles. The monoisotopic (exact) mass is 1120 g/mol. The predicted octanol–water partition coefficient (Wildman–Crippen LogP) is 20.1. The molecule has 456 valence electrons. The highest BCUT2D eigenvalue weighted by Crippen LogP contribution is 2.38. The maximum absolute atomic E-state index is 13.0. The molecule has 0 fully saturated rings. The summed E-state index contributed by atoms with van der Waals surface area (Å²) in [7, 11) is 1.26. The van der Waals surface area contributed by atoms with E-state index in [2.05, 4.69) is 129 Å². The lowest BCUT2D eigenvalue weighted by atomic mass is 10.0. The molecular formula is C70H125N2O6P. The number of nitrogens with one attached hydrogen (secondary N) is 1. The van der Waals surface area contributed by atoms with E-state index in [9.17, 15) is 19.4 Å². The van der Waals surface area contributed by atoms with Gasteiger partial charge in [0.2, 0.25) is 5.91 Å². The zero-order valence-corrected chi connectivity index (χ0v) is 52.9. The Morgan fingerprint density at radius 1 is 0.456 bits per heavy atom. The minimum absolute atomic E-state index is 0.00439. The van der Waals surface area contributed by atoms with E-state index in [1.165, 1.54) is 161 Å². The second kappa shape index (κ2) is 59.8. The first kappa shape index (κ1) is 76.2. The van der Waals surface area contributed by atoms with Crippen molar-refractivity contribution in [3.63, 3.8) is 0 Å². The SMILES string of the molecule is CC/C=C\C/C=C\C/C=C\C/C=C\C/C=C\C/C=C\C/C=C\C/C=C\C/C=C\CCCC(=O)NC(COP(=O)([O-])OCC[N+](C)(C)C)C(O)CCCCCCCCCCCCCCCCCCCCCCCCCCCCCC. The van der Waals surface area contributed by atoms with E-state index in [4.69, 9.17) is 9.05 Å². The first-order valence-corrected chi connectivity index (χ1v) is 34.2. The molecule has 0 aromatic heterocycles. The average Bonchev–Trinajstić information content (AvgIpc) is 3.42. The van der Waals surface area contributed by atoms with Crippen LogP contribution in [0.3, 0.4) is 0 Å². The Bertz CT molecular complexity index is 1650. The minimum atomic E-state index is -4.60. The number of hydrogen-bond acceptors (Lipinski definition) is 6. The van der Waals surface area contributed by atoms with Crippen LogP contribution < -0.4 is 10.2 Å². The molecule has 0 aliphatic heterocycles. The van der Waals surface area contributed by atoms with E-state index in [1.54, 1.807) is 0 Å². The number of phosphoric acid groups is 1. The largest absolute Gasteiger partial charge is 0.756 e. The third-order valence-electron chi connectivity index (χ3n) is 14.3. The molecule has 8 nitrogen and oxygen atoms in total. The van der Waals surface area contributed by atoms with Crippen molar-refractivity contribution in [2.75, 3.05) is 40.9 Å². The molecular weight excluding hydrogens is 996 g/mol. The van der Waals surface area contributed by atoms with Crippen molar-refractivity contribution in [1.82, 2.24) is 5.32 Å². The van der Waals surface area contributed by atoms with Gasteiger partial charge in [-0.05, 0) is 77.0 Å². The van der Waals surface area contributed by atoms with Crippen molar-refractivity contribution in [2.24, 2.45) is 0 Å². The number of hydrogen-bond donors (Lipinski definition) is 2. The molecule has 0 spiro atoms. The van der Waals surface area contributed by atoms with Crippen LogP contribution in [0.2, 0.25) is 0 Å². The number of phosphoric ester groups is 1. The Kier molecular flexibility index (Phi) is 57.6. The van der Waals surface area contributed by atoms with Gasteiger partial charge in [0.05, 0.1) is 39.9 Å². The minimum Gasteiger partial charge on any atom is -0.756 e. The van der Waals surface area contributed by atoms with Crippen LogP contribution in [0.15, 0.2) is 109 Å². The van der Waals surface area contributed by atoms with Crippen LogP contribution in [0.4, 0.5) is 0 Å². The summed E-state index contributed by atoms with van der Waals surface area (Å²) >= 11 is 0. The number of carbonyl (C=O) groups excluding carboxylic acids is 1. The summed E-state index contributed by atoms with van der Waals surface area (Å²) < 4.78 is 23.5. The van der Waals surface area contributed by atoms with Crippen molar-refractivity contribution in [3.05, 3.63) is 109 Å². The third-order valence-corrected chi connectivity index (χ3v) is 15.2. The third kappa shape index (κ3) is 62.6. The van der Waals surface area contributed by atoms with E-state index in [0.717, 1.165) is 83.5 Å². The summed E-state index contributed by atoms with van der Waals surface area (Å²) in [5.41, 5.74) is 0. The van der Waals surface area contributed by atoms with Crippen molar-refractivity contribution in [1.29, 1.82) is 0 Å². The van der Waals surface area contributed by atoms with Gasteiger partial charge in [0.1, 0.15) is 13.2 Å². The number of unbranched alkanes of at least 4 members (excludes halogenated alkanes) is 28. The quantitative estimate of drug-likeness (QED) is 0.0272. The molecule has 0 rings (SSSR count). The lowest BCUT2D eigenvalue weighted by Crippen LogP contribution is -2.46. The highest BCUT2D eigenvalue weighted by Gasteiger charge is 2.24. The standard InChI is InChI=1S/C70H125N2O6P/c1-6-8-10-12-14-16-18-20-22-24-26-28-30-32-34-36-38-40-42-44-46-48-50-52-54-56-58-60-62-64-70(74)71-68(67-78-79(75,76)77-66-65-72(3,4)5)69(73)63-61-59-57-55-53-51-49-47-45-43-41-39-37-35-33-31-29-27-25-23-21-19-17-15-13-11-9-7-2/h8,10,14,16,20,22,26,28,32,34,38,40,44,46,50,52,56,58,68-69,73H,6-7,9,11-13,15,17-19,21,23-25,27,29-31,33,35-37,39,41-43,45,47-49,51,53-55,57,59-67H2,1-5H3,(H-,71,74,75,76)/b10-8-,16-14-,22-20-,28-26-,34-32-,40-38-,46-44-,52-50-,58-56-. The fourth-order valence-corrected chi connectivity index (χ4v) is 9.94. The molecule has 3 atom stereocenters. The van der Waals surface area contributed by atoms with E-state index in [0.29, 0.717) is 23.9 Å². The highest BCUT2D eigenvalue weighted by atomic mass is 31.2. The number of allylic oxidation sites excluding steroid dienone is 18. The van der Waals surface area contributed by atoms with Crippen LogP contribution in [-0.4, -0.2) is 68.5 Å². The zero-order valence-electron chi connectivity index (χ0n) is 52.0. The predicted molar refractivity (Wildman–Crippen MR) is 343 cm³/mol. The van der Waals surface area contributed by atoms with E-state index in [-0.39, 0.29) is 25.5 Å². The smallest absolute Gasteiger partial charge is 0.268 e. The number of aliphatic hydroxyl groups is 1. The second-order valence-corrected chi connectivity index (χ2v) is 24.5. The molecule has 0 aromatic carbocycles. The lowest BCUT2D eigenvalue weighted by molar-refractivity contribution is -0.870. The van der Waals surface area contributed by atoms with Gasteiger partial charge in [-0.1, -0.05) is 303 Å². The molecule has 0 saturated heterocycles. The molecule has 0 radical (unpaired) electrons. The van der Waals surface area contributed by atoms with Crippen molar-refractivity contribution in [2.45, 2.75) is 289 Å². The lowest BCUT2D eigenvalue weighted by Gasteiger charge is -2.30. The number of rotatable bonds is 59. The molecule has 3 unspecified atom stereocenters. The van der Waals surface area contributed by atoms with Gasteiger partial charge in [0.15, 0.2) is 0 Å². The molecule has 0 aliphatic rings. The summed E-state index contributed by atoms with van der Waals surface area (Å²) in [6.45, 7) is 4.58. The molecule has 0 saturated carbocycles. The van der Waals surface area contributed by atoms with Crippen LogP contribution in [0.5, 0.6) is 0 Å². The number of aliphatic hydroxyl groups excluding tert-OH is 1. The fraction of sp³-hybridized carbons (Fsp3) is 0.729. The van der Waals surface area contributed by atoms with Gasteiger partial charge in [-0.15, -0.1) is 0 Å². The van der Waals surface area contributed by atoms with Gasteiger partial charge in [-0.25, -0.2) is 0 Å². The highest BCUT2D eigenvalue weighted by molar-refractivity contribution is 7.45. The Morgan fingerprint density at radius 2 is 0.759 bits per heavy atom. The Labute approximate surface area is 489 Å². The zero-order chi connectivity index (χ0) is 57.7. The Hall–Kier alpha value is -2.84. The average molecular weight is 1120 g/mol. The van der Waals surface area contributed by atoms with E-state index < -0.39 is 20.0 Å². The van der Waals surface area contributed by atoms with Crippen LogP contribution in [0.1, 0.15) is 277 Å². The number of quaternary nitrogens is 1. The summed E-state index contributed by atoms with van der Waals surface area (Å²) in [4.78, 5) is 25.6. The molecule has 9 heteroatoms.